The molecule has 0 bridgehead atoms. The monoisotopic (exact) mass is 506 g/mol. The van der Waals surface area contributed by atoms with Gasteiger partial charge in [-0.25, -0.2) is 4.39 Å². The number of morpholine rings is 1. The zero-order valence-corrected chi connectivity index (χ0v) is 19.3. The summed E-state index contributed by atoms with van der Waals surface area (Å²) in [5.74, 6) is 0.684. The van der Waals surface area contributed by atoms with Crippen molar-refractivity contribution >= 4 is 29.9 Å². The highest BCUT2D eigenvalue weighted by atomic mass is 127. The van der Waals surface area contributed by atoms with Gasteiger partial charge in [-0.2, -0.15) is 0 Å². The number of hydrogen-bond donors (Lipinski definition) is 1. The standard InChI is InChI=1S/C20H31FN4O2.HI/c1-22-20(25-8-10-27-19(14-25)18-5-4-9-26-18)23-12-15-6-7-17(21)16(11-15)13-24(2)3;/h6-7,11,18-19H,4-5,8-10,12-14H2,1-3H3,(H,22,23);1H. The Morgan fingerprint density at radius 1 is 1.29 bits per heavy atom. The number of guanidine groups is 1. The largest absolute Gasteiger partial charge is 0.375 e. The molecular weight excluding hydrogens is 474 g/mol. The molecule has 0 aromatic heterocycles. The van der Waals surface area contributed by atoms with E-state index in [4.69, 9.17) is 9.47 Å². The molecule has 0 radical (unpaired) electrons. The van der Waals surface area contributed by atoms with E-state index in [0.717, 1.165) is 44.1 Å². The quantitative estimate of drug-likeness (QED) is 0.378. The smallest absolute Gasteiger partial charge is 0.194 e. The highest BCUT2D eigenvalue weighted by Crippen LogP contribution is 2.21. The van der Waals surface area contributed by atoms with Crippen LogP contribution >= 0.6 is 24.0 Å². The average Bonchev–Trinajstić information content (AvgIpc) is 3.19. The third-order valence-electron chi connectivity index (χ3n) is 5.03. The van der Waals surface area contributed by atoms with Crippen LogP contribution in [0.15, 0.2) is 23.2 Å². The minimum Gasteiger partial charge on any atom is -0.375 e. The van der Waals surface area contributed by atoms with Crippen molar-refractivity contribution in [3.63, 3.8) is 0 Å². The lowest BCUT2D eigenvalue weighted by Gasteiger charge is -2.37. The topological polar surface area (TPSA) is 49.3 Å². The number of halogens is 2. The predicted molar refractivity (Wildman–Crippen MR) is 120 cm³/mol. The summed E-state index contributed by atoms with van der Waals surface area (Å²) in [6, 6.07) is 5.29. The van der Waals surface area contributed by atoms with Gasteiger partial charge in [0.2, 0.25) is 0 Å². The summed E-state index contributed by atoms with van der Waals surface area (Å²) in [6.45, 7) is 4.28. The van der Waals surface area contributed by atoms with Gasteiger partial charge >= 0.3 is 0 Å². The molecule has 6 nitrogen and oxygen atoms in total. The van der Waals surface area contributed by atoms with Crippen LogP contribution in [0.25, 0.3) is 0 Å². The van der Waals surface area contributed by atoms with Gasteiger partial charge in [-0.3, -0.25) is 4.99 Å². The van der Waals surface area contributed by atoms with Gasteiger partial charge < -0.3 is 24.6 Å². The van der Waals surface area contributed by atoms with Crippen LogP contribution in [-0.4, -0.2) is 75.4 Å². The summed E-state index contributed by atoms with van der Waals surface area (Å²) in [5.41, 5.74) is 1.75. The van der Waals surface area contributed by atoms with Gasteiger partial charge in [0.25, 0.3) is 0 Å². The van der Waals surface area contributed by atoms with E-state index in [2.05, 4.69) is 15.2 Å². The molecule has 1 aromatic rings. The van der Waals surface area contributed by atoms with Gasteiger partial charge in [-0.15, -0.1) is 24.0 Å². The van der Waals surface area contributed by atoms with Crippen LogP contribution < -0.4 is 5.32 Å². The van der Waals surface area contributed by atoms with E-state index in [1.54, 1.807) is 13.1 Å². The highest BCUT2D eigenvalue weighted by Gasteiger charge is 2.32. The minimum atomic E-state index is -0.163. The van der Waals surface area contributed by atoms with E-state index in [9.17, 15) is 4.39 Å². The molecule has 2 aliphatic rings. The van der Waals surface area contributed by atoms with E-state index >= 15 is 0 Å². The van der Waals surface area contributed by atoms with Crippen molar-refractivity contribution in [3.05, 3.63) is 35.1 Å². The lowest BCUT2D eigenvalue weighted by atomic mass is 10.1. The van der Waals surface area contributed by atoms with E-state index < -0.39 is 0 Å². The summed E-state index contributed by atoms with van der Waals surface area (Å²) in [7, 11) is 5.67. The van der Waals surface area contributed by atoms with Crippen LogP contribution in [0.4, 0.5) is 4.39 Å². The summed E-state index contributed by atoms with van der Waals surface area (Å²) in [5, 5.41) is 3.41. The minimum absolute atomic E-state index is 0. The molecule has 28 heavy (non-hydrogen) atoms. The first-order valence-corrected chi connectivity index (χ1v) is 9.67. The number of ether oxygens (including phenoxy) is 2. The predicted octanol–water partition coefficient (Wildman–Crippen LogP) is 2.46. The number of hydrogen-bond acceptors (Lipinski definition) is 4. The lowest BCUT2D eigenvalue weighted by molar-refractivity contribution is -0.0817. The Morgan fingerprint density at radius 2 is 2.07 bits per heavy atom. The molecule has 2 unspecified atom stereocenters. The Kier molecular flexibility index (Phi) is 9.39. The fourth-order valence-electron chi connectivity index (χ4n) is 3.70. The Labute approximate surface area is 184 Å². The van der Waals surface area contributed by atoms with E-state index in [0.29, 0.717) is 25.3 Å². The Hall–Kier alpha value is -0.970. The molecule has 0 saturated carbocycles. The van der Waals surface area contributed by atoms with Crippen LogP contribution in [0.3, 0.4) is 0 Å². The Bertz CT molecular complexity index is 653. The second-order valence-electron chi connectivity index (χ2n) is 7.47. The molecule has 2 fully saturated rings. The molecular formula is C20H32FIN4O2. The van der Waals surface area contributed by atoms with Gasteiger partial charge in [0, 0.05) is 45.4 Å². The molecule has 2 aliphatic heterocycles. The fourth-order valence-corrected chi connectivity index (χ4v) is 3.70. The number of nitrogens with zero attached hydrogens (tertiary/aromatic N) is 3. The van der Waals surface area contributed by atoms with Crippen molar-refractivity contribution < 1.29 is 13.9 Å². The second-order valence-corrected chi connectivity index (χ2v) is 7.47. The Balaban J connectivity index is 0.00000280. The number of benzene rings is 1. The van der Waals surface area contributed by atoms with Crippen LogP contribution in [0, 0.1) is 5.82 Å². The Morgan fingerprint density at radius 3 is 2.75 bits per heavy atom. The van der Waals surface area contributed by atoms with Crippen molar-refractivity contribution in [3.8, 4) is 0 Å². The molecule has 2 heterocycles. The number of nitrogens with one attached hydrogen (secondary N) is 1. The molecule has 158 valence electrons. The van der Waals surface area contributed by atoms with Gasteiger partial charge in [0.05, 0.1) is 12.7 Å². The summed E-state index contributed by atoms with van der Waals surface area (Å²) >= 11 is 0. The molecule has 1 aromatic carbocycles. The molecule has 0 aliphatic carbocycles. The zero-order valence-electron chi connectivity index (χ0n) is 17.0. The normalized spacial score (nSPS) is 23.0. The first-order valence-electron chi connectivity index (χ1n) is 9.67. The molecule has 8 heteroatoms. The molecule has 0 amide bonds. The summed E-state index contributed by atoms with van der Waals surface area (Å²) in [6.07, 6.45) is 2.46. The van der Waals surface area contributed by atoms with Crippen molar-refractivity contribution in [2.24, 2.45) is 4.99 Å². The number of rotatable bonds is 5. The van der Waals surface area contributed by atoms with Gasteiger partial charge in [0.1, 0.15) is 11.9 Å². The van der Waals surface area contributed by atoms with Crippen molar-refractivity contribution in [1.29, 1.82) is 0 Å². The first-order chi connectivity index (χ1) is 13.1. The zero-order chi connectivity index (χ0) is 19.2. The van der Waals surface area contributed by atoms with E-state index in [1.165, 1.54) is 0 Å². The molecule has 2 atom stereocenters. The van der Waals surface area contributed by atoms with E-state index in [1.807, 2.05) is 31.1 Å². The second kappa shape index (κ2) is 11.3. The SMILES string of the molecule is CN=C(NCc1ccc(F)c(CN(C)C)c1)N1CCOC(C2CCCO2)C1.I. The fraction of sp³-hybridized carbons (Fsp3) is 0.650. The summed E-state index contributed by atoms with van der Waals surface area (Å²) in [4.78, 5) is 8.62. The van der Waals surface area contributed by atoms with E-state index in [-0.39, 0.29) is 42.0 Å². The first kappa shape index (κ1) is 23.3. The van der Waals surface area contributed by atoms with Crippen molar-refractivity contribution in [1.82, 2.24) is 15.1 Å². The van der Waals surface area contributed by atoms with Crippen molar-refractivity contribution in [2.45, 2.75) is 38.1 Å². The maximum absolute atomic E-state index is 14.0. The van der Waals surface area contributed by atoms with Crippen molar-refractivity contribution in [2.75, 3.05) is 47.4 Å². The molecule has 0 spiro atoms. The summed E-state index contributed by atoms with van der Waals surface area (Å²) < 4.78 is 25.7. The molecule has 3 rings (SSSR count). The van der Waals surface area contributed by atoms with Crippen LogP contribution in [0.5, 0.6) is 0 Å². The van der Waals surface area contributed by atoms with Gasteiger partial charge in [-0.05, 0) is 44.6 Å². The highest BCUT2D eigenvalue weighted by molar-refractivity contribution is 14.0. The average molecular weight is 506 g/mol. The van der Waals surface area contributed by atoms with Gasteiger partial charge in [-0.1, -0.05) is 6.07 Å². The van der Waals surface area contributed by atoms with Crippen LogP contribution in [0.1, 0.15) is 24.0 Å². The van der Waals surface area contributed by atoms with Crippen LogP contribution in [-0.2, 0) is 22.6 Å². The van der Waals surface area contributed by atoms with Crippen LogP contribution in [0.2, 0.25) is 0 Å². The molecule has 1 N–H and O–H groups in total. The maximum Gasteiger partial charge on any atom is 0.194 e. The molecule has 2 saturated heterocycles. The lowest BCUT2D eigenvalue weighted by Crippen LogP contribution is -2.53. The maximum atomic E-state index is 14.0. The number of aliphatic imine (C=N–C) groups is 1. The third-order valence-corrected chi connectivity index (χ3v) is 5.03. The third kappa shape index (κ3) is 6.27. The van der Waals surface area contributed by atoms with Gasteiger partial charge in [0.15, 0.2) is 5.96 Å².